The molecule has 0 saturated heterocycles. The number of nitrogens with one attached hydrogen (secondary N) is 1. The molecule has 0 atom stereocenters. The molecule has 76 valence electrons. The van der Waals surface area contributed by atoms with Gasteiger partial charge in [-0.05, 0) is 12.1 Å². The van der Waals surface area contributed by atoms with E-state index in [0.29, 0.717) is 16.8 Å². The summed E-state index contributed by atoms with van der Waals surface area (Å²) in [6.45, 7) is -0.273. The van der Waals surface area contributed by atoms with Crippen molar-refractivity contribution in [2.24, 2.45) is 5.84 Å². The Kier molecular flexibility index (Phi) is 3.44. The maximum atomic E-state index is 11.3. The van der Waals surface area contributed by atoms with E-state index in [1.54, 1.807) is 18.2 Å². The van der Waals surface area contributed by atoms with Crippen molar-refractivity contribution >= 4 is 11.7 Å². The summed E-state index contributed by atoms with van der Waals surface area (Å²) < 4.78 is 4.56. The summed E-state index contributed by atoms with van der Waals surface area (Å²) in [4.78, 5) is 11.3. The van der Waals surface area contributed by atoms with Gasteiger partial charge in [0.05, 0.1) is 25.0 Å². The van der Waals surface area contributed by atoms with E-state index in [1.807, 2.05) is 0 Å². The van der Waals surface area contributed by atoms with Gasteiger partial charge in [0.1, 0.15) is 0 Å². The number of rotatable bonds is 3. The third-order valence-corrected chi connectivity index (χ3v) is 1.89. The highest BCUT2D eigenvalue weighted by atomic mass is 16.5. The number of hydrazine groups is 1. The Hall–Kier alpha value is -1.59. The second-order valence-electron chi connectivity index (χ2n) is 2.63. The number of nitrogen functional groups attached to an aromatic ring is 1. The molecule has 1 aromatic rings. The quantitative estimate of drug-likeness (QED) is 0.366. The third kappa shape index (κ3) is 1.84. The van der Waals surface area contributed by atoms with Crippen molar-refractivity contribution in [1.29, 1.82) is 0 Å². The summed E-state index contributed by atoms with van der Waals surface area (Å²) in [5.41, 5.74) is 3.65. The lowest BCUT2D eigenvalue weighted by Crippen LogP contribution is -2.13. The van der Waals surface area contributed by atoms with E-state index < -0.39 is 5.97 Å². The van der Waals surface area contributed by atoms with Crippen LogP contribution in [0.15, 0.2) is 18.2 Å². The van der Waals surface area contributed by atoms with Gasteiger partial charge < -0.3 is 15.3 Å². The number of anilines is 1. The number of methoxy groups -OCH3 is 1. The normalized spacial score (nSPS) is 9.64. The largest absolute Gasteiger partial charge is 0.465 e. The number of nitrogens with two attached hydrogens (primary N) is 1. The van der Waals surface area contributed by atoms with E-state index in [4.69, 9.17) is 10.9 Å². The summed E-state index contributed by atoms with van der Waals surface area (Å²) in [6, 6.07) is 4.89. The lowest BCUT2D eigenvalue weighted by atomic mass is 10.1. The van der Waals surface area contributed by atoms with Crippen LogP contribution in [0.25, 0.3) is 0 Å². The number of hydrogen-bond donors (Lipinski definition) is 3. The van der Waals surface area contributed by atoms with Gasteiger partial charge in [-0.1, -0.05) is 6.07 Å². The molecule has 0 heterocycles. The van der Waals surface area contributed by atoms with Crippen LogP contribution in [0.5, 0.6) is 0 Å². The highest BCUT2D eigenvalue weighted by Crippen LogP contribution is 2.19. The van der Waals surface area contributed by atoms with Crippen LogP contribution < -0.4 is 11.3 Å². The molecule has 0 spiro atoms. The zero-order valence-corrected chi connectivity index (χ0v) is 7.78. The number of benzene rings is 1. The number of carbonyl (C=O) groups excluding carboxylic acids is 1. The summed E-state index contributed by atoms with van der Waals surface area (Å²) in [7, 11) is 1.28. The fraction of sp³-hybridized carbons (Fsp3) is 0.222. The average molecular weight is 196 g/mol. The van der Waals surface area contributed by atoms with Crippen molar-refractivity contribution < 1.29 is 14.6 Å². The van der Waals surface area contributed by atoms with Crippen LogP contribution in [0.3, 0.4) is 0 Å². The van der Waals surface area contributed by atoms with E-state index in [0.717, 1.165) is 0 Å². The Morgan fingerprint density at radius 1 is 1.64 bits per heavy atom. The van der Waals surface area contributed by atoms with Gasteiger partial charge >= 0.3 is 5.97 Å². The maximum Gasteiger partial charge on any atom is 0.338 e. The van der Waals surface area contributed by atoms with E-state index in [-0.39, 0.29) is 6.61 Å². The fourth-order valence-corrected chi connectivity index (χ4v) is 1.19. The minimum absolute atomic E-state index is 0.273. The van der Waals surface area contributed by atoms with Crippen molar-refractivity contribution in [3.8, 4) is 0 Å². The fourth-order valence-electron chi connectivity index (χ4n) is 1.19. The van der Waals surface area contributed by atoms with Gasteiger partial charge in [-0.3, -0.25) is 5.84 Å². The minimum Gasteiger partial charge on any atom is -0.465 e. The van der Waals surface area contributed by atoms with Gasteiger partial charge in [0.2, 0.25) is 0 Å². The van der Waals surface area contributed by atoms with Gasteiger partial charge in [0.15, 0.2) is 0 Å². The van der Waals surface area contributed by atoms with Crippen molar-refractivity contribution in [2.75, 3.05) is 12.5 Å². The van der Waals surface area contributed by atoms with Gasteiger partial charge in [-0.25, -0.2) is 4.79 Å². The summed E-state index contributed by atoms with van der Waals surface area (Å²) in [5.74, 6) is 4.73. The van der Waals surface area contributed by atoms with Gasteiger partial charge in [-0.2, -0.15) is 0 Å². The summed E-state index contributed by atoms with van der Waals surface area (Å²) in [6.07, 6.45) is 0. The number of hydrogen-bond acceptors (Lipinski definition) is 5. The molecule has 0 amide bonds. The molecule has 5 nitrogen and oxygen atoms in total. The molecule has 0 bridgehead atoms. The first kappa shape index (κ1) is 10.5. The Labute approximate surface area is 81.5 Å². The summed E-state index contributed by atoms with van der Waals surface area (Å²) in [5, 5.41) is 9.07. The lowest BCUT2D eigenvalue weighted by Gasteiger charge is -2.10. The minimum atomic E-state index is -0.494. The highest BCUT2D eigenvalue weighted by molar-refractivity contribution is 5.92. The van der Waals surface area contributed by atoms with E-state index in [1.165, 1.54) is 7.11 Å². The maximum absolute atomic E-state index is 11.3. The van der Waals surface area contributed by atoms with Crippen LogP contribution in [0.2, 0.25) is 0 Å². The third-order valence-electron chi connectivity index (χ3n) is 1.89. The number of esters is 1. The molecular weight excluding hydrogens is 184 g/mol. The molecule has 5 heteroatoms. The van der Waals surface area contributed by atoms with Crippen LogP contribution >= 0.6 is 0 Å². The predicted octanol–water partition coefficient (Wildman–Crippen LogP) is 0.251. The second-order valence-corrected chi connectivity index (χ2v) is 2.63. The first-order chi connectivity index (χ1) is 6.74. The molecule has 0 unspecified atom stereocenters. The van der Waals surface area contributed by atoms with Crippen LogP contribution in [0, 0.1) is 0 Å². The Morgan fingerprint density at radius 2 is 2.36 bits per heavy atom. The standard InChI is InChI=1S/C9H12N2O3/c1-14-9(13)6-3-2-4-8(11-10)7(6)5-12/h2-4,11-12H,5,10H2,1H3. The van der Waals surface area contributed by atoms with E-state index >= 15 is 0 Å². The topological polar surface area (TPSA) is 84.6 Å². The number of ether oxygens (including phenoxy) is 1. The Bertz CT molecular complexity index is 339. The molecule has 0 aliphatic heterocycles. The molecular formula is C9H12N2O3. The zero-order valence-electron chi connectivity index (χ0n) is 7.78. The molecule has 0 aliphatic carbocycles. The Morgan fingerprint density at radius 3 is 2.86 bits per heavy atom. The number of aliphatic hydroxyl groups is 1. The molecule has 14 heavy (non-hydrogen) atoms. The molecule has 0 fully saturated rings. The second kappa shape index (κ2) is 4.59. The van der Waals surface area contributed by atoms with Gasteiger partial charge in [-0.15, -0.1) is 0 Å². The van der Waals surface area contributed by atoms with E-state index in [9.17, 15) is 4.79 Å². The molecule has 0 aromatic heterocycles. The summed E-state index contributed by atoms with van der Waals surface area (Å²) >= 11 is 0. The highest BCUT2D eigenvalue weighted by Gasteiger charge is 2.13. The Balaban J connectivity index is 3.21. The smallest absolute Gasteiger partial charge is 0.338 e. The molecule has 0 radical (unpaired) electrons. The molecule has 0 aliphatic rings. The van der Waals surface area contributed by atoms with Crippen molar-refractivity contribution in [2.45, 2.75) is 6.61 Å². The molecule has 0 saturated carbocycles. The number of carbonyl (C=O) groups is 1. The molecule has 1 aromatic carbocycles. The molecule has 1 rings (SSSR count). The zero-order chi connectivity index (χ0) is 10.6. The van der Waals surface area contributed by atoms with Gasteiger partial charge in [0, 0.05) is 5.56 Å². The first-order valence-electron chi connectivity index (χ1n) is 4.02. The van der Waals surface area contributed by atoms with Crippen molar-refractivity contribution in [3.63, 3.8) is 0 Å². The van der Waals surface area contributed by atoms with Crippen LogP contribution in [0.1, 0.15) is 15.9 Å². The number of aliphatic hydroxyl groups excluding tert-OH is 1. The SMILES string of the molecule is COC(=O)c1cccc(NN)c1CO. The predicted molar refractivity (Wildman–Crippen MR) is 51.5 cm³/mol. The van der Waals surface area contributed by atoms with Crippen LogP contribution in [-0.2, 0) is 11.3 Å². The monoisotopic (exact) mass is 196 g/mol. The van der Waals surface area contributed by atoms with Crippen molar-refractivity contribution in [1.82, 2.24) is 0 Å². The first-order valence-corrected chi connectivity index (χ1v) is 4.02. The average Bonchev–Trinajstić information content (AvgIpc) is 2.26. The van der Waals surface area contributed by atoms with Crippen LogP contribution in [-0.4, -0.2) is 18.2 Å². The van der Waals surface area contributed by atoms with Crippen LogP contribution in [0.4, 0.5) is 5.69 Å². The van der Waals surface area contributed by atoms with E-state index in [2.05, 4.69) is 10.2 Å². The lowest BCUT2D eigenvalue weighted by molar-refractivity contribution is 0.0597. The molecule has 4 N–H and O–H groups in total. The van der Waals surface area contributed by atoms with Gasteiger partial charge in [0.25, 0.3) is 0 Å². The van der Waals surface area contributed by atoms with Crippen molar-refractivity contribution in [3.05, 3.63) is 29.3 Å².